The first kappa shape index (κ1) is 9.69. The standard InChI is InChI=1S/C7H11BrO2/c1-6(4-5-8)2-3-7(9)10/h4H,2-3,5H2,1H3,(H,9,10). The third-order valence-electron chi connectivity index (χ3n) is 1.16. The van der Waals surface area contributed by atoms with Gasteiger partial charge in [-0.1, -0.05) is 27.6 Å². The van der Waals surface area contributed by atoms with Crippen molar-refractivity contribution in [3.63, 3.8) is 0 Å². The van der Waals surface area contributed by atoms with Crippen molar-refractivity contribution in [3.05, 3.63) is 11.6 Å². The SMILES string of the molecule is CC(=CCBr)CCC(=O)O. The number of carboxylic acids is 1. The van der Waals surface area contributed by atoms with Crippen molar-refractivity contribution >= 4 is 21.9 Å². The number of halogens is 1. The molecule has 0 heterocycles. The highest BCUT2D eigenvalue weighted by Gasteiger charge is 1.95. The van der Waals surface area contributed by atoms with Gasteiger partial charge in [-0.2, -0.15) is 0 Å². The summed E-state index contributed by atoms with van der Waals surface area (Å²) in [6, 6.07) is 0. The number of carbonyl (C=O) groups is 1. The van der Waals surface area contributed by atoms with Gasteiger partial charge in [-0.25, -0.2) is 0 Å². The molecule has 0 aromatic carbocycles. The Bertz CT molecular complexity index is 141. The molecule has 0 rings (SSSR count). The van der Waals surface area contributed by atoms with Crippen molar-refractivity contribution in [1.82, 2.24) is 0 Å². The highest BCUT2D eigenvalue weighted by atomic mass is 79.9. The molecule has 0 saturated heterocycles. The fourth-order valence-electron chi connectivity index (χ4n) is 0.538. The molecule has 0 atom stereocenters. The zero-order chi connectivity index (χ0) is 7.98. The molecule has 0 radical (unpaired) electrons. The van der Waals surface area contributed by atoms with Gasteiger partial charge in [-0.15, -0.1) is 0 Å². The van der Waals surface area contributed by atoms with Crippen molar-refractivity contribution in [1.29, 1.82) is 0 Å². The average Bonchev–Trinajstić information content (AvgIpc) is 1.85. The van der Waals surface area contributed by atoms with Crippen molar-refractivity contribution in [3.8, 4) is 0 Å². The summed E-state index contributed by atoms with van der Waals surface area (Å²) in [6.45, 7) is 1.93. The van der Waals surface area contributed by atoms with E-state index < -0.39 is 5.97 Å². The fourth-order valence-corrected chi connectivity index (χ4v) is 1.09. The van der Waals surface area contributed by atoms with E-state index in [-0.39, 0.29) is 6.42 Å². The molecular weight excluding hydrogens is 196 g/mol. The van der Waals surface area contributed by atoms with Crippen LogP contribution in [0.4, 0.5) is 0 Å². The van der Waals surface area contributed by atoms with Gasteiger partial charge < -0.3 is 5.11 Å². The summed E-state index contributed by atoms with van der Waals surface area (Å²) in [5.74, 6) is -0.734. The molecule has 0 amide bonds. The second-order valence-corrected chi connectivity index (χ2v) is 2.75. The highest BCUT2D eigenvalue weighted by molar-refractivity contribution is 9.09. The van der Waals surface area contributed by atoms with Crippen LogP contribution in [0, 0.1) is 0 Å². The summed E-state index contributed by atoms with van der Waals surface area (Å²) >= 11 is 3.23. The van der Waals surface area contributed by atoms with Crippen LogP contribution >= 0.6 is 15.9 Å². The van der Waals surface area contributed by atoms with Crippen LogP contribution in [-0.4, -0.2) is 16.4 Å². The van der Waals surface area contributed by atoms with E-state index in [1.165, 1.54) is 0 Å². The van der Waals surface area contributed by atoms with Crippen LogP contribution in [0.15, 0.2) is 11.6 Å². The minimum absolute atomic E-state index is 0.231. The summed E-state index contributed by atoms with van der Waals surface area (Å²) < 4.78 is 0. The molecule has 0 spiro atoms. The molecule has 0 aliphatic heterocycles. The van der Waals surface area contributed by atoms with Crippen LogP contribution in [-0.2, 0) is 4.79 Å². The predicted octanol–water partition coefficient (Wildman–Crippen LogP) is 2.19. The minimum Gasteiger partial charge on any atom is -0.481 e. The molecule has 0 aliphatic carbocycles. The molecule has 2 nitrogen and oxygen atoms in total. The van der Waals surface area contributed by atoms with Gasteiger partial charge in [0.2, 0.25) is 0 Å². The van der Waals surface area contributed by atoms with Crippen LogP contribution < -0.4 is 0 Å². The first-order valence-corrected chi connectivity index (χ1v) is 4.22. The Labute approximate surface area is 69.1 Å². The molecule has 0 aromatic heterocycles. The lowest BCUT2D eigenvalue weighted by atomic mass is 10.1. The number of allylic oxidation sites excluding steroid dienone is 2. The Hall–Kier alpha value is -0.310. The summed E-state index contributed by atoms with van der Waals surface area (Å²) in [5, 5.41) is 9.10. The molecule has 58 valence electrons. The third kappa shape index (κ3) is 5.82. The maximum Gasteiger partial charge on any atom is 0.303 e. The molecule has 0 unspecified atom stereocenters. The molecule has 10 heavy (non-hydrogen) atoms. The van der Waals surface area contributed by atoms with Crippen LogP contribution in [0.25, 0.3) is 0 Å². The van der Waals surface area contributed by atoms with E-state index in [0.717, 1.165) is 10.9 Å². The Kier molecular flexibility index (Phi) is 5.30. The summed E-state index contributed by atoms with van der Waals surface area (Å²) in [6.07, 6.45) is 2.86. The smallest absolute Gasteiger partial charge is 0.303 e. The van der Waals surface area contributed by atoms with Gasteiger partial charge >= 0.3 is 5.97 Å². The maximum absolute atomic E-state index is 10.1. The quantitative estimate of drug-likeness (QED) is 0.566. The van der Waals surface area contributed by atoms with E-state index >= 15 is 0 Å². The normalized spacial score (nSPS) is 11.6. The Morgan fingerprint density at radius 2 is 2.20 bits per heavy atom. The number of rotatable bonds is 4. The van der Waals surface area contributed by atoms with Gasteiger partial charge in [-0.05, 0) is 13.3 Å². The summed E-state index contributed by atoms with van der Waals surface area (Å²) in [5.41, 5.74) is 1.12. The summed E-state index contributed by atoms with van der Waals surface area (Å²) in [7, 11) is 0. The number of carboxylic acid groups (broad SMARTS) is 1. The van der Waals surface area contributed by atoms with E-state index in [4.69, 9.17) is 5.11 Å². The van der Waals surface area contributed by atoms with Gasteiger partial charge in [-0.3, -0.25) is 4.79 Å². The predicted molar refractivity (Wildman–Crippen MR) is 44.4 cm³/mol. The zero-order valence-corrected chi connectivity index (χ0v) is 7.52. The van der Waals surface area contributed by atoms with E-state index in [1.807, 2.05) is 13.0 Å². The van der Waals surface area contributed by atoms with Gasteiger partial charge in [0.15, 0.2) is 0 Å². The van der Waals surface area contributed by atoms with Crippen LogP contribution in [0.2, 0.25) is 0 Å². The molecule has 0 saturated carbocycles. The number of alkyl halides is 1. The number of hydrogen-bond donors (Lipinski definition) is 1. The monoisotopic (exact) mass is 206 g/mol. The van der Waals surface area contributed by atoms with Crippen LogP contribution in [0.3, 0.4) is 0 Å². The van der Waals surface area contributed by atoms with Gasteiger partial charge in [0.25, 0.3) is 0 Å². The molecule has 3 heteroatoms. The fraction of sp³-hybridized carbons (Fsp3) is 0.571. The average molecular weight is 207 g/mol. The van der Waals surface area contributed by atoms with Gasteiger partial charge in [0, 0.05) is 11.8 Å². The first-order chi connectivity index (χ1) is 4.66. The molecule has 0 aliphatic rings. The van der Waals surface area contributed by atoms with Crippen LogP contribution in [0.5, 0.6) is 0 Å². The second kappa shape index (κ2) is 5.47. The van der Waals surface area contributed by atoms with E-state index in [9.17, 15) is 4.79 Å². The number of aliphatic carboxylic acids is 1. The maximum atomic E-state index is 10.1. The molecule has 1 N–H and O–H groups in total. The third-order valence-corrected chi connectivity index (χ3v) is 1.48. The highest BCUT2D eigenvalue weighted by Crippen LogP contribution is 2.03. The molecule has 0 bridgehead atoms. The van der Waals surface area contributed by atoms with Crippen molar-refractivity contribution < 1.29 is 9.90 Å². The second-order valence-electron chi connectivity index (χ2n) is 2.10. The molecule has 0 aromatic rings. The molecule has 0 fully saturated rings. The van der Waals surface area contributed by atoms with Crippen molar-refractivity contribution in [2.75, 3.05) is 5.33 Å². The number of hydrogen-bond acceptors (Lipinski definition) is 1. The largest absolute Gasteiger partial charge is 0.481 e. The Morgan fingerprint density at radius 3 is 2.60 bits per heavy atom. The van der Waals surface area contributed by atoms with Crippen LogP contribution in [0.1, 0.15) is 19.8 Å². The van der Waals surface area contributed by atoms with E-state index in [2.05, 4.69) is 15.9 Å². The van der Waals surface area contributed by atoms with Crippen molar-refractivity contribution in [2.45, 2.75) is 19.8 Å². The minimum atomic E-state index is -0.734. The van der Waals surface area contributed by atoms with E-state index in [0.29, 0.717) is 6.42 Å². The van der Waals surface area contributed by atoms with Gasteiger partial charge in [0.1, 0.15) is 0 Å². The molecular formula is C7H11BrO2. The lowest BCUT2D eigenvalue weighted by Crippen LogP contribution is -1.94. The van der Waals surface area contributed by atoms with E-state index in [1.54, 1.807) is 0 Å². The zero-order valence-electron chi connectivity index (χ0n) is 5.93. The topological polar surface area (TPSA) is 37.3 Å². The Morgan fingerprint density at radius 1 is 1.60 bits per heavy atom. The lowest BCUT2D eigenvalue weighted by Gasteiger charge is -1.94. The lowest BCUT2D eigenvalue weighted by molar-refractivity contribution is -0.136. The van der Waals surface area contributed by atoms with Crippen molar-refractivity contribution in [2.24, 2.45) is 0 Å². The first-order valence-electron chi connectivity index (χ1n) is 3.10. The Balaban J connectivity index is 3.48. The summed E-state index contributed by atoms with van der Waals surface area (Å²) in [4.78, 5) is 10.1. The van der Waals surface area contributed by atoms with Gasteiger partial charge in [0.05, 0.1) is 0 Å².